The van der Waals surface area contributed by atoms with Crippen molar-refractivity contribution in [1.82, 2.24) is 15.6 Å². The van der Waals surface area contributed by atoms with Gasteiger partial charge in [-0.2, -0.15) is 0 Å². The van der Waals surface area contributed by atoms with E-state index in [1.165, 1.54) is 6.42 Å². The smallest absolute Gasteiger partial charge is 0.269 e. The Morgan fingerprint density at radius 3 is 2.89 bits per heavy atom. The summed E-state index contributed by atoms with van der Waals surface area (Å²) in [5, 5.41) is 6.25. The first kappa shape index (κ1) is 18.2. The predicted octanol–water partition coefficient (Wildman–Crippen LogP) is 1.96. The first-order valence-corrected chi connectivity index (χ1v) is 6.18. The number of carbonyl (C=O) groups excluding carboxylic acids is 1. The highest BCUT2D eigenvalue weighted by Gasteiger charge is 2.14. The Kier molecular flexibility index (Phi) is 8.72. The molecule has 1 atom stereocenters. The minimum absolute atomic E-state index is 0. The quantitative estimate of drug-likeness (QED) is 0.894. The van der Waals surface area contributed by atoms with Crippen LogP contribution in [-0.2, 0) is 0 Å². The largest absolute Gasteiger partial charge is 0.351 e. The molecule has 0 spiro atoms. The van der Waals surface area contributed by atoms with Crippen LogP contribution in [0.2, 0.25) is 0 Å². The highest BCUT2D eigenvalue weighted by atomic mass is 35.5. The lowest BCUT2D eigenvalue weighted by molar-refractivity contribution is 0.0946. The number of rotatable bonds is 4. The summed E-state index contributed by atoms with van der Waals surface area (Å²) in [5.41, 5.74) is 1.38. The van der Waals surface area contributed by atoms with E-state index in [4.69, 9.17) is 0 Å². The molecular formula is C13H21Cl2N3O. The fraction of sp³-hybridized carbons (Fsp3) is 0.538. The summed E-state index contributed by atoms with van der Waals surface area (Å²) in [7, 11) is 0. The summed E-state index contributed by atoms with van der Waals surface area (Å²) in [4.78, 5) is 16.0. The highest BCUT2D eigenvalue weighted by Crippen LogP contribution is 2.10. The molecule has 4 nitrogen and oxygen atoms in total. The molecule has 1 saturated heterocycles. The van der Waals surface area contributed by atoms with Gasteiger partial charge in [-0.05, 0) is 50.9 Å². The molecule has 0 bridgehead atoms. The average molecular weight is 306 g/mol. The van der Waals surface area contributed by atoms with Gasteiger partial charge in [0.1, 0.15) is 5.69 Å². The van der Waals surface area contributed by atoms with Gasteiger partial charge in [-0.1, -0.05) is 6.07 Å². The second-order valence-corrected chi connectivity index (χ2v) is 4.57. The predicted molar refractivity (Wildman–Crippen MR) is 81.4 cm³/mol. The van der Waals surface area contributed by atoms with E-state index < -0.39 is 0 Å². The lowest BCUT2D eigenvalue weighted by Gasteiger charge is -2.09. The van der Waals surface area contributed by atoms with Crippen LogP contribution in [0.4, 0.5) is 0 Å². The van der Waals surface area contributed by atoms with Crippen molar-refractivity contribution in [3.8, 4) is 0 Å². The van der Waals surface area contributed by atoms with Crippen molar-refractivity contribution in [2.45, 2.75) is 19.8 Å². The van der Waals surface area contributed by atoms with E-state index in [0.29, 0.717) is 11.6 Å². The minimum Gasteiger partial charge on any atom is -0.351 e. The second kappa shape index (κ2) is 9.13. The molecule has 1 unspecified atom stereocenters. The van der Waals surface area contributed by atoms with E-state index in [1.54, 1.807) is 6.07 Å². The van der Waals surface area contributed by atoms with Crippen LogP contribution in [0, 0.1) is 12.8 Å². The van der Waals surface area contributed by atoms with Crippen molar-refractivity contribution in [2.75, 3.05) is 19.6 Å². The summed E-state index contributed by atoms with van der Waals surface area (Å²) >= 11 is 0. The Morgan fingerprint density at radius 2 is 2.26 bits per heavy atom. The Hall–Kier alpha value is -0.840. The molecule has 0 radical (unpaired) electrons. The van der Waals surface area contributed by atoms with Gasteiger partial charge >= 0.3 is 0 Å². The van der Waals surface area contributed by atoms with E-state index in [9.17, 15) is 4.79 Å². The number of amides is 1. The van der Waals surface area contributed by atoms with Crippen LogP contribution >= 0.6 is 24.8 Å². The van der Waals surface area contributed by atoms with Crippen molar-refractivity contribution < 1.29 is 4.79 Å². The molecule has 2 N–H and O–H groups in total. The van der Waals surface area contributed by atoms with Gasteiger partial charge in [0.15, 0.2) is 0 Å². The van der Waals surface area contributed by atoms with E-state index in [2.05, 4.69) is 15.6 Å². The molecule has 2 rings (SSSR count). The zero-order valence-corrected chi connectivity index (χ0v) is 12.6. The summed E-state index contributed by atoms with van der Waals surface area (Å²) in [6.07, 6.45) is 2.27. The van der Waals surface area contributed by atoms with Crippen molar-refractivity contribution in [3.63, 3.8) is 0 Å². The van der Waals surface area contributed by atoms with Crippen molar-refractivity contribution >= 4 is 30.7 Å². The Bertz CT molecular complexity index is 395. The van der Waals surface area contributed by atoms with Crippen molar-refractivity contribution in [1.29, 1.82) is 0 Å². The second-order valence-electron chi connectivity index (χ2n) is 4.57. The third kappa shape index (κ3) is 5.76. The topological polar surface area (TPSA) is 54.0 Å². The number of nitrogens with one attached hydrogen (secondary N) is 2. The number of aryl methyl sites for hydroxylation is 1. The van der Waals surface area contributed by atoms with Crippen LogP contribution in [0.15, 0.2) is 18.2 Å². The molecule has 1 fully saturated rings. The number of hydrogen-bond donors (Lipinski definition) is 2. The van der Waals surface area contributed by atoms with Crippen LogP contribution in [0.1, 0.15) is 29.0 Å². The molecule has 6 heteroatoms. The highest BCUT2D eigenvalue weighted by molar-refractivity contribution is 5.92. The lowest BCUT2D eigenvalue weighted by Crippen LogP contribution is -2.27. The maximum absolute atomic E-state index is 11.8. The van der Waals surface area contributed by atoms with E-state index in [1.807, 2.05) is 19.1 Å². The lowest BCUT2D eigenvalue weighted by atomic mass is 10.1. The number of pyridine rings is 1. The number of nitrogens with zero attached hydrogens (tertiary/aromatic N) is 1. The zero-order valence-electron chi connectivity index (χ0n) is 11.0. The van der Waals surface area contributed by atoms with Gasteiger partial charge in [0.05, 0.1) is 0 Å². The van der Waals surface area contributed by atoms with Crippen molar-refractivity contribution in [2.24, 2.45) is 5.92 Å². The molecule has 19 heavy (non-hydrogen) atoms. The van der Waals surface area contributed by atoms with E-state index >= 15 is 0 Å². The molecule has 1 amide bonds. The standard InChI is InChI=1S/C13H19N3O.2ClH/c1-10-3-2-4-12(16-10)13(17)15-8-6-11-5-7-14-9-11;;/h2-4,11,14H,5-9H2,1H3,(H,15,17);2*1H. The van der Waals surface area contributed by atoms with Crippen LogP contribution in [0.5, 0.6) is 0 Å². The Balaban J connectivity index is 0.00000162. The van der Waals surface area contributed by atoms with Crippen LogP contribution < -0.4 is 10.6 Å². The number of halogens is 2. The normalized spacial score (nSPS) is 17.2. The monoisotopic (exact) mass is 305 g/mol. The summed E-state index contributed by atoms with van der Waals surface area (Å²) in [6.45, 7) is 4.82. The van der Waals surface area contributed by atoms with Crippen LogP contribution in [0.25, 0.3) is 0 Å². The summed E-state index contributed by atoms with van der Waals surface area (Å²) in [6, 6.07) is 5.50. The molecule has 1 aromatic heterocycles. The third-order valence-corrected chi connectivity index (χ3v) is 3.12. The van der Waals surface area contributed by atoms with Crippen molar-refractivity contribution in [3.05, 3.63) is 29.6 Å². The van der Waals surface area contributed by atoms with Gasteiger partial charge in [-0.15, -0.1) is 24.8 Å². The molecule has 0 saturated carbocycles. The molecule has 2 heterocycles. The Labute approximate surface area is 126 Å². The van der Waals surface area contributed by atoms with Gasteiger partial charge in [0.25, 0.3) is 5.91 Å². The SMILES string of the molecule is Cc1cccc(C(=O)NCCC2CCNC2)n1.Cl.Cl. The minimum atomic E-state index is -0.0698. The average Bonchev–Trinajstić information content (AvgIpc) is 2.82. The van der Waals surface area contributed by atoms with E-state index in [-0.39, 0.29) is 30.7 Å². The fourth-order valence-electron chi connectivity index (χ4n) is 2.11. The molecule has 108 valence electrons. The van der Waals surface area contributed by atoms with E-state index in [0.717, 1.165) is 31.7 Å². The molecule has 0 aliphatic carbocycles. The first-order valence-electron chi connectivity index (χ1n) is 6.18. The maximum Gasteiger partial charge on any atom is 0.269 e. The first-order chi connectivity index (χ1) is 8.25. The fourth-order valence-corrected chi connectivity index (χ4v) is 2.11. The zero-order chi connectivity index (χ0) is 12.1. The van der Waals surface area contributed by atoms with Crippen LogP contribution in [-0.4, -0.2) is 30.5 Å². The van der Waals surface area contributed by atoms with Crippen LogP contribution in [0.3, 0.4) is 0 Å². The third-order valence-electron chi connectivity index (χ3n) is 3.12. The van der Waals surface area contributed by atoms with Gasteiger partial charge in [-0.25, -0.2) is 4.98 Å². The maximum atomic E-state index is 11.8. The number of carbonyl (C=O) groups is 1. The molecule has 1 aliphatic rings. The molecule has 0 aromatic carbocycles. The molecular weight excluding hydrogens is 285 g/mol. The van der Waals surface area contributed by atoms with Gasteiger partial charge in [0.2, 0.25) is 0 Å². The summed E-state index contributed by atoms with van der Waals surface area (Å²) < 4.78 is 0. The number of aromatic nitrogens is 1. The van der Waals surface area contributed by atoms with Gasteiger partial charge in [0, 0.05) is 12.2 Å². The Morgan fingerprint density at radius 1 is 1.47 bits per heavy atom. The molecule has 1 aromatic rings. The van der Waals surface area contributed by atoms with Gasteiger partial charge < -0.3 is 10.6 Å². The molecule has 1 aliphatic heterocycles. The van der Waals surface area contributed by atoms with Gasteiger partial charge in [-0.3, -0.25) is 4.79 Å². The summed E-state index contributed by atoms with van der Waals surface area (Å²) in [5.74, 6) is 0.639. The number of hydrogen-bond acceptors (Lipinski definition) is 3.